The Kier molecular flexibility index (Phi) is 8.22. The Labute approximate surface area is 148 Å². The SMILES string of the molecule is CN=C(NCCCCOc1ccc(F)cc1)NC1CCC(SC)C1. The summed E-state index contributed by atoms with van der Waals surface area (Å²) in [5, 5.41) is 7.65. The molecule has 4 nitrogen and oxygen atoms in total. The zero-order valence-electron chi connectivity index (χ0n) is 14.6. The molecule has 0 radical (unpaired) electrons. The van der Waals surface area contributed by atoms with E-state index < -0.39 is 0 Å². The van der Waals surface area contributed by atoms with E-state index in [-0.39, 0.29) is 5.82 Å². The zero-order chi connectivity index (χ0) is 17.2. The van der Waals surface area contributed by atoms with Gasteiger partial charge in [0.15, 0.2) is 5.96 Å². The zero-order valence-corrected chi connectivity index (χ0v) is 15.4. The average Bonchev–Trinajstić information content (AvgIpc) is 3.06. The number of guanidine groups is 1. The number of rotatable bonds is 8. The lowest BCUT2D eigenvalue weighted by atomic mass is 10.2. The molecule has 2 N–H and O–H groups in total. The van der Waals surface area contributed by atoms with Crippen LogP contribution in [0, 0.1) is 5.82 Å². The Morgan fingerprint density at radius 2 is 2.08 bits per heavy atom. The maximum Gasteiger partial charge on any atom is 0.191 e. The fourth-order valence-electron chi connectivity index (χ4n) is 2.83. The van der Waals surface area contributed by atoms with Gasteiger partial charge in [0.05, 0.1) is 6.61 Å². The van der Waals surface area contributed by atoms with Crippen LogP contribution >= 0.6 is 11.8 Å². The quantitative estimate of drug-likeness (QED) is 0.427. The normalized spacial score (nSPS) is 20.9. The lowest BCUT2D eigenvalue weighted by molar-refractivity contribution is 0.306. The van der Waals surface area contributed by atoms with Crippen LogP contribution in [0.25, 0.3) is 0 Å². The Morgan fingerprint density at radius 3 is 2.75 bits per heavy atom. The molecule has 1 saturated carbocycles. The number of nitrogens with one attached hydrogen (secondary N) is 2. The Morgan fingerprint density at radius 1 is 1.29 bits per heavy atom. The van der Waals surface area contributed by atoms with Crippen molar-refractivity contribution in [2.24, 2.45) is 4.99 Å². The molecule has 0 heterocycles. The summed E-state index contributed by atoms with van der Waals surface area (Å²) in [5.41, 5.74) is 0. The highest BCUT2D eigenvalue weighted by Crippen LogP contribution is 2.27. The minimum absolute atomic E-state index is 0.239. The first-order valence-electron chi connectivity index (χ1n) is 8.59. The van der Waals surface area contributed by atoms with Crippen LogP contribution in [-0.4, -0.2) is 43.7 Å². The molecular formula is C18H28FN3OS. The summed E-state index contributed by atoms with van der Waals surface area (Å²) in [5.74, 6) is 1.36. The first-order chi connectivity index (χ1) is 11.7. The predicted molar refractivity (Wildman–Crippen MR) is 101 cm³/mol. The highest BCUT2D eigenvalue weighted by molar-refractivity contribution is 7.99. The van der Waals surface area contributed by atoms with Gasteiger partial charge < -0.3 is 15.4 Å². The lowest BCUT2D eigenvalue weighted by Gasteiger charge is -2.17. The molecule has 1 aliphatic rings. The second-order valence-electron chi connectivity index (χ2n) is 6.02. The fraction of sp³-hybridized carbons (Fsp3) is 0.611. The molecule has 1 aromatic rings. The molecule has 134 valence electrons. The van der Waals surface area contributed by atoms with Crippen LogP contribution in [0.1, 0.15) is 32.1 Å². The monoisotopic (exact) mass is 353 g/mol. The largest absolute Gasteiger partial charge is 0.494 e. The van der Waals surface area contributed by atoms with Crippen molar-refractivity contribution in [2.75, 3.05) is 26.5 Å². The number of ether oxygens (including phenoxy) is 1. The van der Waals surface area contributed by atoms with Gasteiger partial charge in [0.1, 0.15) is 11.6 Å². The summed E-state index contributed by atoms with van der Waals surface area (Å²) in [6, 6.07) is 6.68. The van der Waals surface area contributed by atoms with Crippen LogP contribution in [0.2, 0.25) is 0 Å². The summed E-state index contributed by atoms with van der Waals surface area (Å²) in [7, 11) is 1.81. The molecule has 0 aromatic heterocycles. The fourth-order valence-corrected chi connectivity index (χ4v) is 3.62. The summed E-state index contributed by atoms with van der Waals surface area (Å²) < 4.78 is 18.4. The summed E-state index contributed by atoms with van der Waals surface area (Å²) >= 11 is 1.96. The number of hydrogen-bond donors (Lipinski definition) is 2. The van der Waals surface area contributed by atoms with E-state index in [1.807, 2.05) is 18.8 Å². The van der Waals surface area contributed by atoms with Crippen molar-refractivity contribution in [3.8, 4) is 5.75 Å². The van der Waals surface area contributed by atoms with Crippen molar-refractivity contribution in [2.45, 2.75) is 43.4 Å². The van der Waals surface area contributed by atoms with E-state index in [4.69, 9.17) is 4.74 Å². The highest BCUT2D eigenvalue weighted by atomic mass is 32.2. The van der Waals surface area contributed by atoms with Crippen LogP contribution in [0.3, 0.4) is 0 Å². The van der Waals surface area contributed by atoms with Crippen molar-refractivity contribution < 1.29 is 9.13 Å². The standard InChI is InChI=1S/C18H28FN3OS/c1-20-18(22-15-7-10-17(13-15)24-2)21-11-3-4-12-23-16-8-5-14(19)6-9-16/h5-6,8-9,15,17H,3-4,7,10-13H2,1-2H3,(H2,20,21,22). The second kappa shape index (κ2) is 10.4. The first-order valence-corrected chi connectivity index (χ1v) is 9.88. The molecule has 0 saturated heterocycles. The van der Waals surface area contributed by atoms with Crippen molar-refractivity contribution in [1.82, 2.24) is 10.6 Å². The van der Waals surface area contributed by atoms with Gasteiger partial charge in [0, 0.05) is 24.9 Å². The number of halogens is 1. The Hall–Kier alpha value is -1.43. The first kappa shape index (κ1) is 18.9. The number of benzene rings is 1. The maximum absolute atomic E-state index is 12.8. The number of aliphatic imine (C=N–C) groups is 1. The van der Waals surface area contributed by atoms with Gasteiger partial charge in [-0.3, -0.25) is 4.99 Å². The smallest absolute Gasteiger partial charge is 0.191 e. The van der Waals surface area contributed by atoms with Crippen LogP contribution in [0.4, 0.5) is 4.39 Å². The number of unbranched alkanes of at least 4 members (excludes halogenated alkanes) is 1. The molecule has 2 atom stereocenters. The lowest BCUT2D eigenvalue weighted by Crippen LogP contribution is -2.42. The van der Waals surface area contributed by atoms with Crippen LogP contribution in [0.5, 0.6) is 5.75 Å². The molecule has 0 aliphatic heterocycles. The third kappa shape index (κ3) is 6.59. The van der Waals surface area contributed by atoms with E-state index in [0.29, 0.717) is 18.4 Å². The summed E-state index contributed by atoms with van der Waals surface area (Å²) in [4.78, 5) is 4.30. The van der Waals surface area contributed by atoms with Crippen molar-refractivity contribution in [3.05, 3.63) is 30.1 Å². The van der Waals surface area contributed by atoms with E-state index in [0.717, 1.165) is 30.6 Å². The number of thioether (sulfide) groups is 1. The van der Waals surface area contributed by atoms with Gasteiger partial charge in [-0.05, 0) is 62.6 Å². The van der Waals surface area contributed by atoms with Gasteiger partial charge in [-0.25, -0.2) is 4.39 Å². The van der Waals surface area contributed by atoms with Gasteiger partial charge in [-0.15, -0.1) is 0 Å². The maximum atomic E-state index is 12.8. The summed E-state index contributed by atoms with van der Waals surface area (Å²) in [6.45, 7) is 1.50. The second-order valence-corrected chi connectivity index (χ2v) is 7.16. The minimum Gasteiger partial charge on any atom is -0.494 e. The van der Waals surface area contributed by atoms with Gasteiger partial charge in [-0.1, -0.05) is 0 Å². The topological polar surface area (TPSA) is 45.7 Å². The predicted octanol–water partition coefficient (Wildman–Crippen LogP) is 3.43. The molecule has 0 spiro atoms. The van der Waals surface area contributed by atoms with E-state index in [1.54, 1.807) is 12.1 Å². The third-order valence-corrected chi connectivity index (χ3v) is 5.32. The van der Waals surface area contributed by atoms with Gasteiger partial charge >= 0.3 is 0 Å². The van der Waals surface area contributed by atoms with Gasteiger partial charge in [0.25, 0.3) is 0 Å². The van der Waals surface area contributed by atoms with E-state index in [1.165, 1.54) is 31.4 Å². The van der Waals surface area contributed by atoms with Crippen LogP contribution < -0.4 is 15.4 Å². The molecule has 1 fully saturated rings. The molecule has 24 heavy (non-hydrogen) atoms. The molecule has 1 aliphatic carbocycles. The molecular weight excluding hydrogens is 325 g/mol. The van der Waals surface area contributed by atoms with Crippen molar-refractivity contribution in [3.63, 3.8) is 0 Å². The molecule has 2 rings (SSSR count). The van der Waals surface area contributed by atoms with Crippen molar-refractivity contribution in [1.29, 1.82) is 0 Å². The van der Waals surface area contributed by atoms with Gasteiger partial charge in [-0.2, -0.15) is 11.8 Å². The highest BCUT2D eigenvalue weighted by Gasteiger charge is 2.24. The van der Waals surface area contributed by atoms with Gasteiger partial charge in [0.2, 0.25) is 0 Å². The Balaban J connectivity index is 1.55. The van der Waals surface area contributed by atoms with Crippen LogP contribution in [-0.2, 0) is 0 Å². The Bertz CT molecular complexity index is 509. The number of hydrogen-bond acceptors (Lipinski definition) is 3. The minimum atomic E-state index is -0.239. The van der Waals surface area contributed by atoms with E-state index in [9.17, 15) is 4.39 Å². The molecule has 6 heteroatoms. The molecule has 0 amide bonds. The van der Waals surface area contributed by atoms with Crippen molar-refractivity contribution >= 4 is 17.7 Å². The van der Waals surface area contributed by atoms with E-state index >= 15 is 0 Å². The third-order valence-electron chi connectivity index (χ3n) is 4.23. The average molecular weight is 354 g/mol. The van der Waals surface area contributed by atoms with Crippen LogP contribution in [0.15, 0.2) is 29.3 Å². The molecule has 1 aromatic carbocycles. The molecule has 0 bridgehead atoms. The van der Waals surface area contributed by atoms with E-state index in [2.05, 4.69) is 21.9 Å². The summed E-state index contributed by atoms with van der Waals surface area (Å²) in [6.07, 6.45) is 7.86. The molecule has 2 unspecified atom stereocenters. The number of nitrogens with zero attached hydrogens (tertiary/aromatic N) is 1.